The first-order valence-electron chi connectivity index (χ1n) is 5.79. The average Bonchev–Trinajstić information content (AvgIpc) is 2.49. The zero-order valence-corrected chi connectivity index (χ0v) is 9.89. The second kappa shape index (κ2) is 3.21. The van der Waals surface area contributed by atoms with E-state index >= 15 is 0 Å². The predicted octanol–water partition coefficient (Wildman–Crippen LogP) is 2.19. The van der Waals surface area contributed by atoms with E-state index in [-0.39, 0.29) is 5.60 Å². The van der Waals surface area contributed by atoms with Crippen LogP contribution in [0.3, 0.4) is 0 Å². The zero-order chi connectivity index (χ0) is 10.4. The van der Waals surface area contributed by atoms with Crippen LogP contribution in [0.4, 0.5) is 0 Å². The van der Waals surface area contributed by atoms with E-state index in [9.17, 15) is 0 Å². The van der Waals surface area contributed by atoms with E-state index < -0.39 is 0 Å². The number of ether oxygens (including phenoxy) is 1. The van der Waals surface area contributed by atoms with Crippen molar-refractivity contribution in [1.82, 2.24) is 5.32 Å². The van der Waals surface area contributed by atoms with Crippen molar-refractivity contribution in [2.45, 2.75) is 52.2 Å². The van der Waals surface area contributed by atoms with Crippen molar-refractivity contribution in [3.05, 3.63) is 0 Å². The van der Waals surface area contributed by atoms with Crippen LogP contribution in [0.1, 0.15) is 40.5 Å². The van der Waals surface area contributed by atoms with Crippen LogP contribution in [0.15, 0.2) is 0 Å². The molecule has 2 unspecified atom stereocenters. The quantitative estimate of drug-likeness (QED) is 0.749. The molecule has 0 aromatic heterocycles. The number of hydrogen-bond acceptors (Lipinski definition) is 2. The number of hydrogen-bond donors (Lipinski definition) is 1. The van der Waals surface area contributed by atoms with E-state index in [2.05, 4.69) is 33.0 Å². The molecule has 0 aromatic rings. The van der Waals surface area contributed by atoms with Crippen LogP contribution in [0.5, 0.6) is 0 Å². The third-order valence-corrected chi connectivity index (χ3v) is 4.05. The third-order valence-electron chi connectivity index (χ3n) is 4.05. The average molecular weight is 197 g/mol. The van der Waals surface area contributed by atoms with Gasteiger partial charge >= 0.3 is 0 Å². The summed E-state index contributed by atoms with van der Waals surface area (Å²) in [5.74, 6) is 0.888. The molecule has 1 heterocycles. The summed E-state index contributed by atoms with van der Waals surface area (Å²) in [6, 6.07) is 0.555. The highest BCUT2D eigenvalue weighted by atomic mass is 16.5. The lowest BCUT2D eigenvalue weighted by molar-refractivity contribution is 0.0214. The van der Waals surface area contributed by atoms with Crippen LogP contribution < -0.4 is 5.32 Å². The Bertz CT molecular complexity index is 222. The summed E-state index contributed by atoms with van der Waals surface area (Å²) in [5.41, 5.74) is 0.635. The summed E-state index contributed by atoms with van der Waals surface area (Å²) in [6.45, 7) is 11.2. The largest absolute Gasteiger partial charge is 0.374 e. The Kier molecular flexibility index (Phi) is 2.39. The van der Waals surface area contributed by atoms with Crippen molar-refractivity contribution in [1.29, 1.82) is 0 Å². The van der Waals surface area contributed by atoms with Crippen molar-refractivity contribution in [3.8, 4) is 0 Å². The molecule has 1 N–H and O–H groups in total. The molecule has 0 radical (unpaired) electrons. The summed E-state index contributed by atoms with van der Waals surface area (Å²) in [6.07, 6.45) is 2.55. The minimum Gasteiger partial charge on any atom is -0.374 e. The van der Waals surface area contributed by atoms with E-state index in [1.165, 1.54) is 19.4 Å². The SMILES string of the molecule is CC1(C)CC1CNC1CCOC1(C)C. The Hall–Kier alpha value is -0.0800. The lowest BCUT2D eigenvalue weighted by atomic mass is 9.98. The molecule has 14 heavy (non-hydrogen) atoms. The standard InChI is InChI=1S/C12H23NO/c1-11(2)7-9(11)8-13-10-5-6-14-12(10,3)4/h9-10,13H,5-8H2,1-4H3. The Morgan fingerprint density at radius 3 is 2.36 bits per heavy atom. The van der Waals surface area contributed by atoms with Gasteiger partial charge in [0, 0.05) is 12.6 Å². The van der Waals surface area contributed by atoms with Gasteiger partial charge in [-0.2, -0.15) is 0 Å². The first-order chi connectivity index (χ1) is 6.42. The van der Waals surface area contributed by atoms with Gasteiger partial charge in [-0.3, -0.25) is 0 Å². The fourth-order valence-electron chi connectivity index (χ4n) is 2.44. The molecule has 0 amide bonds. The van der Waals surface area contributed by atoms with Gasteiger partial charge in [-0.1, -0.05) is 13.8 Å². The summed E-state index contributed by atoms with van der Waals surface area (Å²) < 4.78 is 5.70. The van der Waals surface area contributed by atoms with Crippen LogP contribution in [0, 0.1) is 11.3 Å². The second-order valence-electron chi connectivity index (χ2n) is 6.09. The van der Waals surface area contributed by atoms with Crippen molar-refractivity contribution < 1.29 is 4.74 Å². The summed E-state index contributed by atoms with van der Waals surface area (Å²) in [4.78, 5) is 0. The molecule has 1 saturated heterocycles. The summed E-state index contributed by atoms with van der Waals surface area (Å²) in [5, 5.41) is 3.66. The van der Waals surface area contributed by atoms with Gasteiger partial charge in [0.15, 0.2) is 0 Å². The molecule has 2 aliphatic rings. The molecule has 1 aliphatic carbocycles. The second-order valence-corrected chi connectivity index (χ2v) is 6.09. The fourth-order valence-corrected chi connectivity index (χ4v) is 2.44. The molecular formula is C12H23NO. The Balaban J connectivity index is 1.76. The number of rotatable bonds is 3. The van der Waals surface area contributed by atoms with E-state index in [1.54, 1.807) is 0 Å². The first-order valence-corrected chi connectivity index (χ1v) is 5.79. The lowest BCUT2D eigenvalue weighted by Gasteiger charge is -2.27. The Morgan fingerprint density at radius 2 is 1.93 bits per heavy atom. The predicted molar refractivity (Wildman–Crippen MR) is 58.3 cm³/mol. The van der Waals surface area contributed by atoms with E-state index in [0.29, 0.717) is 11.5 Å². The maximum atomic E-state index is 5.70. The minimum atomic E-state index is 0.0407. The highest BCUT2D eigenvalue weighted by molar-refractivity contribution is 4.98. The van der Waals surface area contributed by atoms with Gasteiger partial charge in [-0.25, -0.2) is 0 Å². The van der Waals surface area contributed by atoms with Crippen LogP contribution in [0.2, 0.25) is 0 Å². The van der Waals surface area contributed by atoms with Crippen LogP contribution in [-0.2, 0) is 4.74 Å². The van der Waals surface area contributed by atoms with E-state index in [4.69, 9.17) is 4.74 Å². The van der Waals surface area contributed by atoms with Crippen molar-refractivity contribution in [2.24, 2.45) is 11.3 Å². The molecule has 0 spiro atoms. The molecule has 2 fully saturated rings. The Labute approximate surface area is 87.4 Å². The van der Waals surface area contributed by atoms with Crippen molar-refractivity contribution in [2.75, 3.05) is 13.2 Å². The fraction of sp³-hybridized carbons (Fsp3) is 1.00. The van der Waals surface area contributed by atoms with Gasteiger partial charge in [0.1, 0.15) is 0 Å². The monoisotopic (exact) mass is 197 g/mol. The molecule has 0 bridgehead atoms. The first kappa shape index (κ1) is 10.4. The molecular weight excluding hydrogens is 174 g/mol. The molecule has 82 valence electrons. The van der Waals surface area contributed by atoms with Gasteiger partial charge in [0.2, 0.25) is 0 Å². The van der Waals surface area contributed by atoms with Gasteiger partial charge < -0.3 is 10.1 Å². The van der Waals surface area contributed by atoms with Gasteiger partial charge in [-0.15, -0.1) is 0 Å². The zero-order valence-electron chi connectivity index (χ0n) is 9.89. The molecule has 0 aromatic carbocycles. The van der Waals surface area contributed by atoms with Crippen LogP contribution >= 0.6 is 0 Å². The smallest absolute Gasteiger partial charge is 0.0779 e. The van der Waals surface area contributed by atoms with Crippen LogP contribution in [0.25, 0.3) is 0 Å². The van der Waals surface area contributed by atoms with E-state index in [0.717, 1.165) is 12.5 Å². The highest BCUT2D eigenvalue weighted by Gasteiger charge is 2.46. The van der Waals surface area contributed by atoms with Gasteiger partial charge in [0.05, 0.1) is 5.60 Å². The maximum Gasteiger partial charge on any atom is 0.0779 e. The molecule has 1 aliphatic heterocycles. The summed E-state index contributed by atoms with van der Waals surface area (Å²) in [7, 11) is 0. The minimum absolute atomic E-state index is 0.0407. The topological polar surface area (TPSA) is 21.3 Å². The molecule has 2 atom stereocenters. The normalized spacial score (nSPS) is 38.6. The highest BCUT2D eigenvalue weighted by Crippen LogP contribution is 2.51. The number of nitrogens with one attached hydrogen (secondary N) is 1. The van der Waals surface area contributed by atoms with Crippen LogP contribution in [-0.4, -0.2) is 24.8 Å². The molecule has 2 rings (SSSR count). The Morgan fingerprint density at radius 1 is 1.29 bits per heavy atom. The maximum absolute atomic E-state index is 5.70. The molecule has 1 saturated carbocycles. The van der Waals surface area contributed by atoms with Crippen molar-refractivity contribution in [3.63, 3.8) is 0 Å². The third kappa shape index (κ3) is 1.96. The van der Waals surface area contributed by atoms with E-state index in [1.807, 2.05) is 0 Å². The van der Waals surface area contributed by atoms with Gasteiger partial charge in [0.25, 0.3) is 0 Å². The molecule has 2 nitrogen and oxygen atoms in total. The van der Waals surface area contributed by atoms with Gasteiger partial charge in [-0.05, 0) is 44.6 Å². The molecule has 2 heteroatoms. The lowest BCUT2D eigenvalue weighted by Crippen LogP contribution is -2.44. The summed E-state index contributed by atoms with van der Waals surface area (Å²) >= 11 is 0. The van der Waals surface area contributed by atoms with Crippen molar-refractivity contribution >= 4 is 0 Å².